The Bertz CT molecular complexity index is 102. The number of aliphatic hydroxyl groups is 1. The zero-order valence-electron chi connectivity index (χ0n) is 5.62. The maximum atomic E-state index is 9.36. The molecule has 1 saturated heterocycles. The van der Waals surface area contributed by atoms with Crippen molar-refractivity contribution in [1.29, 1.82) is 0 Å². The van der Waals surface area contributed by atoms with E-state index >= 15 is 0 Å². The van der Waals surface area contributed by atoms with Crippen molar-refractivity contribution in [3.63, 3.8) is 0 Å². The van der Waals surface area contributed by atoms with E-state index in [1.54, 1.807) is 21.6 Å². The summed E-state index contributed by atoms with van der Waals surface area (Å²) in [6.45, 7) is 0. The standard InChI is InChI=1S/C5H10IO2S2/c1-6-8-5-3-10-9-2-4(5)7/h4-5,7H,2-3H2,1H3/q-1. The predicted octanol–water partition coefficient (Wildman–Crippen LogP) is -2.24. The Morgan fingerprint density at radius 1 is 1.50 bits per heavy atom. The van der Waals surface area contributed by atoms with E-state index in [9.17, 15) is 5.11 Å². The van der Waals surface area contributed by atoms with Crippen molar-refractivity contribution in [1.82, 2.24) is 0 Å². The number of hydrogen-bond acceptors (Lipinski definition) is 4. The van der Waals surface area contributed by atoms with E-state index in [0.29, 0.717) is 0 Å². The Balaban J connectivity index is 2.25. The summed E-state index contributed by atoms with van der Waals surface area (Å²) in [6.07, 6.45) is -0.116. The first kappa shape index (κ1) is 9.44. The molecule has 0 bridgehead atoms. The summed E-state index contributed by atoms with van der Waals surface area (Å²) in [7, 11) is 3.53. The minimum atomic E-state index is -0.231. The van der Waals surface area contributed by atoms with Crippen LogP contribution < -0.4 is 21.6 Å². The third-order valence-electron chi connectivity index (χ3n) is 1.19. The van der Waals surface area contributed by atoms with Crippen LogP contribution in [0.4, 0.5) is 0 Å². The van der Waals surface area contributed by atoms with Crippen molar-refractivity contribution >= 4 is 21.6 Å². The fourth-order valence-electron chi connectivity index (χ4n) is 0.651. The fraction of sp³-hybridized carbons (Fsp3) is 1.00. The first-order valence-electron chi connectivity index (χ1n) is 2.92. The average molecular weight is 293 g/mol. The molecule has 0 aromatic rings. The molecule has 1 heterocycles. The molecule has 1 aliphatic heterocycles. The van der Waals surface area contributed by atoms with Gasteiger partial charge in [0, 0.05) is 0 Å². The summed E-state index contributed by atoms with van der Waals surface area (Å²) in [6, 6.07) is 0. The Hall–Kier alpha value is 1.35. The van der Waals surface area contributed by atoms with Crippen molar-refractivity contribution in [2.75, 3.05) is 16.4 Å². The molecule has 2 atom stereocenters. The van der Waals surface area contributed by atoms with E-state index in [0.717, 1.165) is 11.5 Å². The number of halogens is 1. The SMILES string of the molecule is C[I-]OC1CSSCC1O. The van der Waals surface area contributed by atoms with Gasteiger partial charge < -0.3 is 0 Å². The van der Waals surface area contributed by atoms with Crippen molar-refractivity contribution < 1.29 is 29.8 Å². The molecule has 0 aromatic carbocycles. The normalized spacial score (nSPS) is 34.6. The Kier molecular flexibility index (Phi) is 4.79. The van der Waals surface area contributed by atoms with Gasteiger partial charge in [-0.15, -0.1) is 0 Å². The monoisotopic (exact) mass is 293 g/mol. The molecule has 0 amide bonds. The average Bonchev–Trinajstić information content (AvgIpc) is 1.94. The molecule has 5 heteroatoms. The number of alkyl halides is 1. The van der Waals surface area contributed by atoms with E-state index in [4.69, 9.17) is 3.07 Å². The van der Waals surface area contributed by atoms with Crippen LogP contribution in [-0.2, 0) is 3.07 Å². The molecule has 0 aliphatic carbocycles. The van der Waals surface area contributed by atoms with Crippen LogP contribution in [0.5, 0.6) is 0 Å². The quantitative estimate of drug-likeness (QED) is 0.354. The van der Waals surface area contributed by atoms with Crippen LogP contribution in [-0.4, -0.2) is 33.8 Å². The molecular formula is C5H10IO2S2-. The summed E-state index contributed by atoms with van der Waals surface area (Å²) in [4.78, 5) is 2.07. The van der Waals surface area contributed by atoms with Crippen molar-refractivity contribution in [2.24, 2.45) is 0 Å². The molecule has 1 aliphatic rings. The van der Waals surface area contributed by atoms with Gasteiger partial charge in [0.2, 0.25) is 0 Å². The third-order valence-corrected chi connectivity index (χ3v) is 4.77. The summed E-state index contributed by atoms with van der Waals surface area (Å²) >= 11 is -0.128. The Morgan fingerprint density at radius 2 is 2.20 bits per heavy atom. The van der Waals surface area contributed by atoms with Gasteiger partial charge in [-0.3, -0.25) is 0 Å². The Morgan fingerprint density at radius 3 is 2.80 bits per heavy atom. The molecule has 1 fully saturated rings. The molecule has 1 rings (SSSR count). The zero-order chi connectivity index (χ0) is 7.40. The molecular weight excluding hydrogens is 283 g/mol. The van der Waals surface area contributed by atoms with E-state index in [1.807, 2.05) is 0 Å². The molecule has 0 aromatic heterocycles. The second-order valence-corrected chi connectivity index (χ2v) is 5.86. The van der Waals surface area contributed by atoms with Crippen LogP contribution in [0, 0.1) is 0 Å². The number of hydrogen-bond donors (Lipinski definition) is 1. The fourth-order valence-corrected chi connectivity index (χ4v) is 4.44. The van der Waals surface area contributed by atoms with Crippen LogP contribution in [0.1, 0.15) is 0 Å². The third kappa shape index (κ3) is 2.77. The van der Waals surface area contributed by atoms with Gasteiger partial charge >= 0.3 is 80.0 Å². The molecule has 0 radical (unpaired) electrons. The summed E-state index contributed by atoms with van der Waals surface area (Å²) < 4.78 is 5.42. The summed E-state index contributed by atoms with van der Waals surface area (Å²) in [5.41, 5.74) is 0. The Labute approximate surface area is 79.7 Å². The second kappa shape index (κ2) is 5.08. The van der Waals surface area contributed by atoms with Crippen LogP contribution in [0.3, 0.4) is 0 Å². The molecule has 10 heavy (non-hydrogen) atoms. The first-order valence-corrected chi connectivity index (χ1v) is 8.45. The number of aliphatic hydroxyl groups excluding tert-OH is 1. The van der Waals surface area contributed by atoms with Gasteiger partial charge in [-0.25, -0.2) is 0 Å². The van der Waals surface area contributed by atoms with Gasteiger partial charge in [0.1, 0.15) is 0 Å². The summed E-state index contributed by atoms with van der Waals surface area (Å²) in [5, 5.41) is 9.36. The van der Waals surface area contributed by atoms with E-state index in [1.165, 1.54) is 0 Å². The van der Waals surface area contributed by atoms with Gasteiger partial charge in [0.25, 0.3) is 0 Å². The van der Waals surface area contributed by atoms with Crippen molar-refractivity contribution in [3.8, 4) is 0 Å². The van der Waals surface area contributed by atoms with Crippen LogP contribution >= 0.6 is 21.6 Å². The van der Waals surface area contributed by atoms with Crippen molar-refractivity contribution in [3.05, 3.63) is 0 Å². The zero-order valence-corrected chi connectivity index (χ0v) is 9.41. The van der Waals surface area contributed by atoms with Gasteiger partial charge in [0.15, 0.2) is 0 Å². The van der Waals surface area contributed by atoms with Crippen molar-refractivity contribution in [2.45, 2.75) is 12.2 Å². The van der Waals surface area contributed by atoms with Gasteiger partial charge in [-0.2, -0.15) is 0 Å². The van der Waals surface area contributed by atoms with E-state index < -0.39 is 0 Å². The van der Waals surface area contributed by atoms with Crippen LogP contribution in [0.15, 0.2) is 0 Å². The molecule has 2 nitrogen and oxygen atoms in total. The van der Waals surface area contributed by atoms with Gasteiger partial charge in [-0.1, -0.05) is 0 Å². The molecule has 2 unspecified atom stereocenters. The number of rotatable bonds is 2. The minimum absolute atomic E-state index is 0.115. The topological polar surface area (TPSA) is 29.5 Å². The maximum absolute atomic E-state index is 9.36. The van der Waals surface area contributed by atoms with Crippen LogP contribution in [0.2, 0.25) is 0 Å². The van der Waals surface area contributed by atoms with E-state index in [-0.39, 0.29) is 33.8 Å². The van der Waals surface area contributed by atoms with Gasteiger partial charge in [0.05, 0.1) is 0 Å². The summed E-state index contributed by atoms with van der Waals surface area (Å²) in [5.74, 6) is 1.76. The molecule has 1 N–H and O–H groups in total. The second-order valence-electron chi connectivity index (χ2n) is 1.92. The predicted molar refractivity (Wildman–Crippen MR) is 41.7 cm³/mol. The molecule has 62 valence electrons. The van der Waals surface area contributed by atoms with E-state index in [2.05, 4.69) is 4.93 Å². The van der Waals surface area contributed by atoms with Crippen LogP contribution in [0.25, 0.3) is 0 Å². The van der Waals surface area contributed by atoms with Gasteiger partial charge in [-0.05, 0) is 0 Å². The molecule has 0 saturated carbocycles. The molecule has 0 spiro atoms. The first-order chi connectivity index (χ1) is 4.84.